The molecule has 1 heterocycles. The summed E-state index contributed by atoms with van der Waals surface area (Å²) in [7, 11) is 0. The molecule has 0 saturated heterocycles. The number of benzene rings is 1. The highest BCUT2D eigenvalue weighted by molar-refractivity contribution is 5.92. The summed E-state index contributed by atoms with van der Waals surface area (Å²) >= 11 is 0. The second-order valence-electron chi connectivity index (χ2n) is 4.81. The lowest BCUT2D eigenvalue weighted by molar-refractivity contribution is 0.0948. The lowest BCUT2D eigenvalue weighted by Gasteiger charge is -2.09. The summed E-state index contributed by atoms with van der Waals surface area (Å²) in [6, 6.07) is 9.48. The third-order valence-corrected chi connectivity index (χ3v) is 3.10. The number of unbranched alkanes of at least 4 members (excludes halogenated alkanes) is 1. The molecule has 21 heavy (non-hydrogen) atoms. The summed E-state index contributed by atoms with van der Waals surface area (Å²) in [6.45, 7) is 4.75. The number of carbonyl (C=O) groups excluding carboxylic acids is 1. The van der Waals surface area contributed by atoms with Crippen molar-refractivity contribution in [1.29, 1.82) is 0 Å². The van der Waals surface area contributed by atoms with E-state index in [2.05, 4.69) is 27.5 Å². The van der Waals surface area contributed by atoms with Gasteiger partial charge in [-0.2, -0.15) is 0 Å². The van der Waals surface area contributed by atoms with Gasteiger partial charge in [0, 0.05) is 18.4 Å². The number of rotatable bonds is 6. The molecule has 2 aromatic rings. The topological polar surface area (TPSA) is 66.9 Å². The zero-order valence-corrected chi connectivity index (χ0v) is 12.4. The quantitative estimate of drug-likeness (QED) is 0.800. The molecule has 5 heteroatoms. The number of amides is 1. The number of nitrogens with one attached hydrogen (secondary N) is 2. The van der Waals surface area contributed by atoms with Crippen LogP contribution in [-0.4, -0.2) is 22.4 Å². The number of hydrogen-bond acceptors (Lipinski definition) is 4. The molecule has 0 saturated carbocycles. The second-order valence-corrected chi connectivity index (χ2v) is 4.81. The van der Waals surface area contributed by atoms with E-state index in [-0.39, 0.29) is 5.91 Å². The Labute approximate surface area is 124 Å². The molecule has 5 nitrogen and oxygen atoms in total. The fraction of sp³-hybridized carbons (Fsp3) is 0.312. The van der Waals surface area contributed by atoms with Crippen molar-refractivity contribution in [2.24, 2.45) is 0 Å². The van der Waals surface area contributed by atoms with Crippen molar-refractivity contribution in [3.05, 3.63) is 47.8 Å². The largest absolute Gasteiger partial charge is 0.351 e. The Kier molecular flexibility index (Phi) is 5.26. The zero-order valence-electron chi connectivity index (χ0n) is 12.4. The Morgan fingerprint density at radius 3 is 2.81 bits per heavy atom. The summed E-state index contributed by atoms with van der Waals surface area (Å²) in [5.74, 6) is 0.256. The van der Waals surface area contributed by atoms with E-state index in [0.29, 0.717) is 18.2 Å². The van der Waals surface area contributed by atoms with E-state index >= 15 is 0 Å². The van der Waals surface area contributed by atoms with Gasteiger partial charge in [-0.15, -0.1) is 0 Å². The molecular weight excluding hydrogens is 264 g/mol. The third-order valence-electron chi connectivity index (χ3n) is 3.10. The SMILES string of the molecule is CCCCNC(=O)c1ccnc(Nc2ccccc2C)n1. The van der Waals surface area contributed by atoms with Crippen molar-refractivity contribution in [2.45, 2.75) is 26.7 Å². The maximum absolute atomic E-state index is 12.0. The molecule has 0 unspecified atom stereocenters. The van der Waals surface area contributed by atoms with Crippen LogP contribution in [0.1, 0.15) is 35.8 Å². The van der Waals surface area contributed by atoms with Crippen molar-refractivity contribution < 1.29 is 4.79 Å². The van der Waals surface area contributed by atoms with Gasteiger partial charge in [0.15, 0.2) is 0 Å². The van der Waals surface area contributed by atoms with Crippen LogP contribution in [0, 0.1) is 6.92 Å². The average Bonchev–Trinajstić information content (AvgIpc) is 2.50. The minimum atomic E-state index is -0.168. The van der Waals surface area contributed by atoms with Gasteiger partial charge in [0.25, 0.3) is 5.91 Å². The molecule has 110 valence electrons. The first-order valence-electron chi connectivity index (χ1n) is 7.14. The molecule has 0 aliphatic carbocycles. The van der Waals surface area contributed by atoms with Gasteiger partial charge in [-0.1, -0.05) is 31.5 Å². The van der Waals surface area contributed by atoms with Crippen molar-refractivity contribution in [1.82, 2.24) is 15.3 Å². The van der Waals surface area contributed by atoms with Gasteiger partial charge in [0.1, 0.15) is 5.69 Å². The zero-order chi connectivity index (χ0) is 15.1. The smallest absolute Gasteiger partial charge is 0.270 e. The number of anilines is 2. The minimum Gasteiger partial charge on any atom is -0.351 e. The highest BCUT2D eigenvalue weighted by Gasteiger charge is 2.08. The van der Waals surface area contributed by atoms with Crippen LogP contribution in [0.3, 0.4) is 0 Å². The van der Waals surface area contributed by atoms with E-state index in [1.54, 1.807) is 12.3 Å². The minimum absolute atomic E-state index is 0.168. The van der Waals surface area contributed by atoms with Gasteiger partial charge in [-0.05, 0) is 31.0 Å². The lowest BCUT2D eigenvalue weighted by Crippen LogP contribution is -2.25. The molecule has 0 aliphatic heterocycles. The fourth-order valence-corrected chi connectivity index (χ4v) is 1.85. The summed E-state index contributed by atoms with van der Waals surface area (Å²) in [5, 5.41) is 5.98. The van der Waals surface area contributed by atoms with E-state index in [9.17, 15) is 4.79 Å². The van der Waals surface area contributed by atoms with Crippen LogP contribution in [0.2, 0.25) is 0 Å². The molecule has 1 amide bonds. The Morgan fingerprint density at radius 2 is 2.05 bits per heavy atom. The Hall–Kier alpha value is -2.43. The summed E-state index contributed by atoms with van der Waals surface area (Å²) in [6.07, 6.45) is 3.59. The third kappa shape index (κ3) is 4.27. The molecule has 0 spiro atoms. The average molecular weight is 284 g/mol. The maximum Gasteiger partial charge on any atom is 0.270 e. The van der Waals surface area contributed by atoms with E-state index in [4.69, 9.17) is 0 Å². The van der Waals surface area contributed by atoms with Gasteiger partial charge in [-0.25, -0.2) is 9.97 Å². The van der Waals surface area contributed by atoms with Gasteiger partial charge in [0.2, 0.25) is 5.95 Å². The van der Waals surface area contributed by atoms with Crippen molar-refractivity contribution >= 4 is 17.5 Å². The molecule has 1 aromatic heterocycles. The highest BCUT2D eigenvalue weighted by atomic mass is 16.1. The summed E-state index contributed by atoms with van der Waals surface area (Å²) in [4.78, 5) is 20.4. The molecule has 0 bridgehead atoms. The first-order valence-corrected chi connectivity index (χ1v) is 7.14. The van der Waals surface area contributed by atoms with E-state index < -0.39 is 0 Å². The highest BCUT2D eigenvalue weighted by Crippen LogP contribution is 2.17. The summed E-state index contributed by atoms with van der Waals surface area (Å²) in [5.41, 5.74) is 2.40. The predicted molar refractivity (Wildman–Crippen MR) is 83.7 cm³/mol. The van der Waals surface area contributed by atoms with Crippen LogP contribution in [0.4, 0.5) is 11.6 Å². The summed E-state index contributed by atoms with van der Waals surface area (Å²) < 4.78 is 0. The van der Waals surface area contributed by atoms with Crippen LogP contribution in [-0.2, 0) is 0 Å². The normalized spacial score (nSPS) is 10.2. The number of para-hydroxylation sites is 1. The Morgan fingerprint density at radius 1 is 1.24 bits per heavy atom. The number of nitrogens with zero attached hydrogens (tertiary/aromatic N) is 2. The maximum atomic E-state index is 12.0. The molecule has 0 fully saturated rings. The number of aromatic nitrogens is 2. The van der Waals surface area contributed by atoms with Crippen molar-refractivity contribution in [3.8, 4) is 0 Å². The van der Waals surface area contributed by atoms with Gasteiger partial charge in [0.05, 0.1) is 0 Å². The first kappa shape index (κ1) is 15.0. The van der Waals surface area contributed by atoms with E-state index in [0.717, 1.165) is 24.1 Å². The van der Waals surface area contributed by atoms with Gasteiger partial charge in [-0.3, -0.25) is 4.79 Å². The van der Waals surface area contributed by atoms with Crippen molar-refractivity contribution in [2.75, 3.05) is 11.9 Å². The predicted octanol–water partition coefficient (Wildman–Crippen LogP) is 3.06. The molecule has 0 radical (unpaired) electrons. The monoisotopic (exact) mass is 284 g/mol. The molecule has 2 rings (SSSR count). The molecule has 2 N–H and O–H groups in total. The molecule has 1 aromatic carbocycles. The van der Waals surface area contributed by atoms with Crippen LogP contribution in [0.5, 0.6) is 0 Å². The van der Waals surface area contributed by atoms with E-state index in [1.807, 2.05) is 31.2 Å². The molecule has 0 atom stereocenters. The van der Waals surface area contributed by atoms with Gasteiger partial charge < -0.3 is 10.6 Å². The van der Waals surface area contributed by atoms with Crippen molar-refractivity contribution in [3.63, 3.8) is 0 Å². The Balaban J connectivity index is 2.07. The first-order chi connectivity index (χ1) is 10.2. The van der Waals surface area contributed by atoms with Gasteiger partial charge >= 0.3 is 0 Å². The number of hydrogen-bond donors (Lipinski definition) is 2. The Bertz CT molecular complexity index is 613. The number of carbonyl (C=O) groups is 1. The lowest BCUT2D eigenvalue weighted by atomic mass is 10.2. The van der Waals surface area contributed by atoms with Crippen LogP contribution >= 0.6 is 0 Å². The second kappa shape index (κ2) is 7.38. The van der Waals surface area contributed by atoms with E-state index in [1.165, 1.54) is 0 Å². The fourth-order valence-electron chi connectivity index (χ4n) is 1.85. The van der Waals surface area contributed by atoms with Crippen LogP contribution in [0.15, 0.2) is 36.5 Å². The standard InChI is InChI=1S/C16H20N4O/c1-3-4-10-17-15(21)14-9-11-18-16(20-14)19-13-8-6-5-7-12(13)2/h5-9,11H,3-4,10H2,1-2H3,(H,17,21)(H,18,19,20). The molecular formula is C16H20N4O. The van der Waals surface area contributed by atoms with Crippen LogP contribution < -0.4 is 10.6 Å². The molecule has 0 aliphatic rings. The number of aryl methyl sites for hydroxylation is 1. The van der Waals surface area contributed by atoms with Crippen LogP contribution in [0.25, 0.3) is 0 Å².